The molecule has 0 atom stereocenters. The topological polar surface area (TPSA) is 70.9 Å². The molecule has 4 heterocycles. The molecule has 2 fully saturated rings. The van der Waals surface area contributed by atoms with E-state index >= 15 is 0 Å². The number of carbonyl (C=O) groups excluding carboxylic acids is 2. The zero-order valence-electron chi connectivity index (χ0n) is 18.2. The fourth-order valence-corrected chi connectivity index (χ4v) is 5.41. The molecule has 0 unspecified atom stereocenters. The fraction of sp³-hybridized carbons (Fsp3) is 0.435. The molecule has 32 heavy (non-hydrogen) atoms. The molecule has 0 N–H and O–H groups in total. The van der Waals surface area contributed by atoms with E-state index in [2.05, 4.69) is 10.00 Å². The molecule has 0 saturated carbocycles. The van der Waals surface area contributed by atoms with Crippen molar-refractivity contribution in [2.45, 2.75) is 6.92 Å². The van der Waals surface area contributed by atoms with Crippen LogP contribution in [-0.4, -0.2) is 95.3 Å². The summed E-state index contributed by atoms with van der Waals surface area (Å²) in [4.78, 5) is 33.4. The predicted molar refractivity (Wildman–Crippen MR) is 123 cm³/mol. The molecule has 1 aromatic carbocycles. The van der Waals surface area contributed by atoms with Gasteiger partial charge in [0.05, 0.1) is 36.0 Å². The van der Waals surface area contributed by atoms with Crippen LogP contribution >= 0.6 is 11.3 Å². The Kier molecular flexibility index (Phi) is 5.95. The molecule has 2 aliphatic rings. The molecule has 3 aromatic rings. The van der Waals surface area contributed by atoms with Gasteiger partial charge in [0.1, 0.15) is 4.83 Å². The fourth-order valence-electron chi connectivity index (χ4n) is 4.26. The number of aryl methyl sites for hydroxylation is 1. The number of para-hydroxylation sites is 1. The van der Waals surface area contributed by atoms with Crippen molar-refractivity contribution in [2.75, 3.05) is 59.0 Å². The predicted octanol–water partition coefficient (Wildman–Crippen LogP) is 2.01. The first-order valence-corrected chi connectivity index (χ1v) is 11.8. The summed E-state index contributed by atoms with van der Waals surface area (Å²) in [6.45, 7) is 7.67. The van der Waals surface area contributed by atoms with Gasteiger partial charge in [0.15, 0.2) is 0 Å². The molecule has 0 bridgehead atoms. The molecule has 5 rings (SSSR count). The van der Waals surface area contributed by atoms with Gasteiger partial charge in [-0.3, -0.25) is 14.5 Å². The highest BCUT2D eigenvalue weighted by Crippen LogP contribution is 2.31. The third-order valence-electron chi connectivity index (χ3n) is 6.14. The normalized spacial score (nSPS) is 17.8. The van der Waals surface area contributed by atoms with Gasteiger partial charge in [-0.15, -0.1) is 11.3 Å². The number of nitrogens with zero attached hydrogens (tertiary/aromatic N) is 5. The van der Waals surface area contributed by atoms with Crippen molar-refractivity contribution in [3.8, 4) is 5.69 Å². The number of thiophene rings is 1. The van der Waals surface area contributed by atoms with Crippen LogP contribution in [0.5, 0.6) is 0 Å². The first-order valence-electron chi connectivity index (χ1n) is 11.0. The van der Waals surface area contributed by atoms with Crippen molar-refractivity contribution >= 4 is 33.4 Å². The summed E-state index contributed by atoms with van der Waals surface area (Å²) in [6.07, 6.45) is 0. The van der Waals surface area contributed by atoms with Gasteiger partial charge in [-0.05, 0) is 25.1 Å². The lowest BCUT2D eigenvalue weighted by Gasteiger charge is -2.36. The monoisotopic (exact) mass is 453 g/mol. The van der Waals surface area contributed by atoms with Crippen molar-refractivity contribution < 1.29 is 14.3 Å². The van der Waals surface area contributed by atoms with Crippen LogP contribution in [-0.2, 0) is 9.53 Å². The van der Waals surface area contributed by atoms with Crippen LogP contribution in [0.1, 0.15) is 15.4 Å². The second-order valence-corrected chi connectivity index (χ2v) is 9.25. The molecule has 168 valence electrons. The second kappa shape index (κ2) is 9.01. The van der Waals surface area contributed by atoms with Crippen LogP contribution in [0.4, 0.5) is 0 Å². The van der Waals surface area contributed by atoms with E-state index in [-0.39, 0.29) is 11.8 Å². The Bertz CT molecular complexity index is 1110. The second-order valence-electron chi connectivity index (χ2n) is 8.22. The Labute approximate surface area is 191 Å². The van der Waals surface area contributed by atoms with E-state index in [1.807, 2.05) is 57.8 Å². The van der Waals surface area contributed by atoms with E-state index in [4.69, 9.17) is 4.74 Å². The average molecular weight is 454 g/mol. The molecule has 2 aliphatic heterocycles. The van der Waals surface area contributed by atoms with Crippen LogP contribution in [0.3, 0.4) is 0 Å². The van der Waals surface area contributed by atoms with Gasteiger partial charge in [0, 0.05) is 44.7 Å². The molecular formula is C23H27N5O3S. The minimum atomic E-state index is 0.0329. The summed E-state index contributed by atoms with van der Waals surface area (Å²) in [5, 5.41) is 5.67. The number of rotatable bonds is 4. The number of fused-ring (bicyclic) bond motifs is 1. The lowest BCUT2D eigenvalue weighted by Crippen LogP contribution is -2.53. The number of morpholine rings is 1. The van der Waals surface area contributed by atoms with Gasteiger partial charge < -0.3 is 14.5 Å². The number of hydrogen-bond acceptors (Lipinski definition) is 6. The number of carbonyl (C=O) groups is 2. The van der Waals surface area contributed by atoms with E-state index in [0.29, 0.717) is 45.9 Å². The van der Waals surface area contributed by atoms with Crippen molar-refractivity contribution in [1.82, 2.24) is 24.5 Å². The molecule has 2 saturated heterocycles. The quantitative estimate of drug-likeness (QED) is 0.605. The van der Waals surface area contributed by atoms with Gasteiger partial charge in [0.25, 0.3) is 5.91 Å². The number of benzene rings is 1. The van der Waals surface area contributed by atoms with Crippen molar-refractivity contribution in [2.24, 2.45) is 0 Å². The number of aromatic nitrogens is 2. The minimum Gasteiger partial charge on any atom is -0.379 e. The summed E-state index contributed by atoms with van der Waals surface area (Å²) in [7, 11) is 0. The molecule has 8 nitrogen and oxygen atoms in total. The van der Waals surface area contributed by atoms with Gasteiger partial charge in [0.2, 0.25) is 5.91 Å². The van der Waals surface area contributed by atoms with Crippen LogP contribution < -0.4 is 0 Å². The van der Waals surface area contributed by atoms with Crippen LogP contribution in [0.15, 0.2) is 36.4 Å². The maximum Gasteiger partial charge on any atom is 0.264 e. The van der Waals surface area contributed by atoms with E-state index < -0.39 is 0 Å². The maximum absolute atomic E-state index is 13.2. The highest BCUT2D eigenvalue weighted by Gasteiger charge is 2.28. The number of ether oxygens (including phenoxy) is 1. The SMILES string of the molecule is Cc1nn(-c2ccccc2)c2sc(C(=O)N3CCN(C(=O)CN4CCOCC4)CC3)cc12. The van der Waals surface area contributed by atoms with Gasteiger partial charge in [-0.25, -0.2) is 4.68 Å². The Morgan fingerprint density at radius 1 is 1.00 bits per heavy atom. The summed E-state index contributed by atoms with van der Waals surface area (Å²) < 4.78 is 7.26. The van der Waals surface area contributed by atoms with Crippen molar-refractivity contribution in [3.05, 3.63) is 47.0 Å². The van der Waals surface area contributed by atoms with Crippen LogP contribution in [0, 0.1) is 6.92 Å². The Hall–Kier alpha value is -2.75. The number of amides is 2. The highest BCUT2D eigenvalue weighted by atomic mass is 32.1. The van der Waals surface area contributed by atoms with E-state index in [9.17, 15) is 9.59 Å². The van der Waals surface area contributed by atoms with E-state index in [1.54, 1.807) is 0 Å². The highest BCUT2D eigenvalue weighted by molar-refractivity contribution is 7.20. The summed E-state index contributed by atoms with van der Waals surface area (Å²) >= 11 is 1.48. The van der Waals surface area contributed by atoms with Gasteiger partial charge in [-0.2, -0.15) is 5.10 Å². The largest absolute Gasteiger partial charge is 0.379 e. The molecular weight excluding hydrogens is 426 g/mol. The smallest absolute Gasteiger partial charge is 0.264 e. The third-order valence-corrected chi connectivity index (χ3v) is 7.24. The van der Waals surface area contributed by atoms with Crippen LogP contribution in [0.25, 0.3) is 15.9 Å². The average Bonchev–Trinajstić information content (AvgIpc) is 3.40. The zero-order chi connectivity index (χ0) is 22.1. The van der Waals surface area contributed by atoms with Gasteiger partial charge >= 0.3 is 0 Å². The molecule has 9 heteroatoms. The standard InChI is InChI=1S/C23H27N5O3S/c1-17-19-15-20(32-23(19)28(24-17)18-5-3-2-4-6-18)22(30)27-9-7-26(8-10-27)21(29)16-25-11-13-31-14-12-25/h2-6,15H,7-14,16H2,1H3. The van der Waals surface area contributed by atoms with E-state index in [0.717, 1.165) is 39.6 Å². The lowest BCUT2D eigenvalue weighted by molar-refractivity contribution is -0.134. The van der Waals surface area contributed by atoms with E-state index in [1.165, 1.54) is 11.3 Å². The van der Waals surface area contributed by atoms with Gasteiger partial charge in [-0.1, -0.05) is 18.2 Å². The Morgan fingerprint density at radius 3 is 2.41 bits per heavy atom. The maximum atomic E-state index is 13.2. The molecule has 0 aliphatic carbocycles. The molecule has 2 aromatic heterocycles. The van der Waals surface area contributed by atoms with Crippen molar-refractivity contribution in [1.29, 1.82) is 0 Å². The van der Waals surface area contributed by atoms with Crippen LogP contribution in [0.2, 0.25) is 0 Å². The summed E-state index contributed by atoms with van der Waals surface area (Å²) in [6, 6.07) is 11.9. The molecule has 0 radical (unpaired) electrons. The molecule has 0 spiro atoms. The zero-order valence-corrected chi connectivity index (χ0v) is 19.0. The lowest BCUT2D eigenvalue weighted by atomic mass is 10.2. The minimum absolute atomic E-state index is 0.0329. The number of piperazine rings is 1. The summed E-state index contributed by atoms with van der Waals surface area (Å²) in [5.41, 5.74) is 1.90. The Balaban J connectivity index is 1.25. The molecule has 2 amide bonds. The first kappa shape index (κ1) is 21.1. The third kappa shape index (κ3) is 4.15. The van der Waals surface area contributed by atoms with Crippen molar-refractivity contribution in [3.63, 3.8) is 0 Å². The first-order chi connectivity index (χ1) is 15.6. The Morgan fingerprint density at radius 2 is 1.69 bits per heavy atom. The summed E-state index contributed by atoms with van der Waals surface area (Å²) in [5.74, 6) is 0.171. The number of hydrogen-bond donors (Lipinski definition) is 0.